The van der Waals surface area contributed by atoms with Crippen LogP contribution in [0.1, 0.15) is 55.5 Å². The van der Waals surface area contributed by atoms with E-state index in [1.54, 1.807) is 36.4 Å². The van der Waals surface area contributed by atoms with E-state index in [1.165, 1.54) is 17.2 Å². The molecule has 3 amide bonds. The van der Waals surface area contributed by atoms with Crippen LogP contribution in [0, 0.1) is 0 Å². The minimum Gasteiger partial charge on any atom is -0.494 e. The molecule has 3 aromatic rings. The molecule has 0 spiro atoms. The van der Waals surface area contributed by atoms with Crippen molar-refractivity contribution in [3.8, 4) is 5.75 Å². The van der Waals surface area contributed by atoms with E-state index >= 15 is 0 Å². The van der Waals surface area contributed by atoms with Crippen LogP contribution in [-0.4, -0.2) is 24.3 Å². The number of hydrogen-bond donors (Lipinski definition) is 1. The zero-order valence-corrected chi connectivity index (χ0v) is 17.7. The second-order valence-corrected chi connectivity index (χ2v) is 7.92. The van der Waals surface area contributed by atoms with E-state index < -0.39 is 11.8 Å². The van der Waals surface area contributed by atoms with E-state index in [4.69, 9.17) is 4.74 Å². The molecule has 0 fully saturated rings. The number of imide groups is 1. The Labute approximate surface area is 185 Å². The largest absolute Gasteiger partial charge is 0.494 e. The normalized spacial score (nSPS) is 14.3. The topological polar surface area (TPSA) is 75.7 Å². The average molecular weight is 426 g/mol. The molecule has 1 heterocycles. The first-order chi connectivity index (χ1) is 15.5. The van der Waals surface area contributed by atoms with Gasteiger partial charge in [-0.3, -0.25) is 14.4 Å². The Morgan fingerprint density at radius 1 is 0.906 bits per heavy atom. The van der Waals surface area contributed by atoms with Gasteiger partial charge < -0.3 is 10.1 Å². The Kier molecular flexibility index (Phi) is 4.98. The Bertz CT molecular complexity index is 1250. The molecule has 6 nitrogen and oxygen atoms in total. The van der Waals surface area contributed by atoms with Crippen LogP contribution in [0.3, 0.4) is 0 Å². The molecule has 0 atom stereocenters. The van der Waals surface area contributed by atoms with Crippen molar-refractivity contribution in [2.24, 2.45) is 0 Å². The first kappa shape index (κ1) is 20.0. The van der Waals surface area contributed by atoms with Crippen LogP contribution in [-0.2, 0) is 12.8 Å². The molecular formula is C26H22N2O4. The van der Waals surface area contributed by atoms with Crippen LogP contribution in [0.15, 0.2) is 60.7 Å². The molecule has 3 aromatic carbocycles. The zero-order valence-electron chi connectivity index (χ0n) is 17.7. The minimum atomic E-state index is -0.443. The number of nitrogens with zero attached hydrogens (tertiary/aromatic N) is 1. The maximum Gasteiger partial charge on any atom is 0.266 e. The standard InChI is InChI=1S/C26H22N2O4/c1-2-32-21-11-9-20(10-12-21)28-25(30)22-13-7-18(15-23(22)26(28)31)24(29)27-19-8-6-16-4-3-5-17(16)14-19/h6-15H,2-5H2,1H3,(H,27,29). The van der Waals surface area contributed by atoms with E-state index in [0.717, 1.165) is 29.8 Å². The number of benzene rings is 3. The highest BCUT2D eigenvalue weighted by atomic mass is 16.5. The molecule has 0 saturated heterocycles. The summed E-state index contributed by atoms with van der Waals surface area (Å²) in [7, 11) is 0. The van der Waals surface area contributed by atoms with Crippen LogP contribution in [0.2, 0.25) is 0 Å². The Morgan fingerprint density at radius 3 is 2.44 bits per heavy atom. The molecule has 0 aromatic heterocycles. The monoisotopic (exact) mass is 426 g/mol. The van der Waals surface area contributed by atoms with Crippen LogP contribution in [0.4, 0.5) is 11.4 Å². The fourth-order valence-corrected chi connectivity index (χ4v) is 4.33. The molecule has 0 unspecified atom stereocenters. The molecule has 6 heteroatoms. The SMILES string of the molecule is CCOc1ccc(N2C(=O)c3ccc(C(=O)Nc4ccc5c(c4)CCC5)cc3C2=O)cc1. The van der Waals surface area contributed by atoms with Crippen molar-refractivity contribution >= 4 is 29.1 Å². The third-order valence-electron chi connectivity index (χ3n) is 5.91. The van der Waals surface area contributed by atoms with E-state index in [9.17, 15) is 14.4 Å². The Morgan fingerprint density at radius 2 is 1.66 bits per heavy atom. The molecule has 1 N–H and O–H groups in total. The Hall–Kier alpha value is -3.93. The van der Waals surface area contributed by atoms with Gasteiger partial charge in [0.05, 0.1) is 23.4 Å². The summed E-state index contributed by atoms with van der Waals surface area (Å²) < 4.78 is 5.42. The van der Waals surface area contributed by atoms with Gasteiger partial charge in [0, 0.05) is 11.3 Å². The van der Waals surface area contributed by atoms with Crippen LogP contribution in [0.5, 0.6) is 5.75 Å². The second-order valence-electron chi connectivity index (χ2n) is 7.92. The number of hydrogen-bond acceptors (Lipinski definition) is 4. The molecule has 0 bridgehead atoms. The zero-order chi connectivity index (χ0) is 22.2. The second kappa shape index (κ2) is 7.96. The highest BCUT2D eigenvalue weighted by Crippen LogP contribution is 2.31. The Balaban J connectivity index is 1.38. The quantitative estimate of drug-likeness (QED) is 0.604. The summed E-state index contributed by atoms with van der Waals surface area (Å²) in [5.41, 5.74) is 4.64. The molecule has 2 aliphatic rings. The summed E-state index contributed by atoms with van der Waals surface area (Å²) in [4.78, 5) is 39.8. The number of carbonyl (C=O) groups excluding carboxylic acids is 3. The van der Waals surface area contributed by atoms with Crippen molar-refractivity contribution in [3.63, 3.8) is 0 Å². The average Bonchev–Trinajstić information content (AvgIpc) is 3.37. The van der Waals surface area contributed by atoms with Gasteiger partial charge >= 0.3 is 0 Å². The van der Waals surface area contributed by atoms with Gasteiger partial charge in [-0.25, -0.2) is 4.90 Å². The molecule has 160 valence electrons. The smallest absolute Gasteiger partial charge is 0.266 e. The summed E-state index contributed by atoms with van der Waals surface area (Å²) in [5, 5.41) is 2.90. The third-order valence-corrected chi connectivity index (χ3v) is 5.91. The maximum absolute atomic E-state index is 13.0. The fourth-order valence-electron chi connectivity index (χ4n) is 4.33. The van der Waals surface area contributed by atoms with Gasteiger partial charge in [-0.15, -0.1) is 0 Å². The lowest BCUT2D eigenvalue weighted by Crippen LogP contribution is -2.29. The molecular weight excluding hydrogens is 404 g/mol. The number of rotatable bonds is 5. The van der Waals surface area contributed by atoms with Crippen LogP contribution in [0.25, 0.3) is 0 Å². The van der Waals surface area contributed by atoms with Gasteiger partial charge in [-0.2, -0.15) is 0 Å². The number of ether oxygens (including phenoxy) is 1. The maximum atomic E-state index is 13.0. The van der Waals surface area contributed by atoms with Crippen molar-refractivity contribution in [2.75, 3.05) is 16.8 Å². The van der Waals surface area contributed by atoms with E-state index in [-0.39, 0.29) is 17.0 Å². The van der Waals surface area contributed by atoms with Gasteiger partial charge in [-0.05, 0) is 91.9 Å². The number of amides is 3. The van der Waals surface area contributed by atoms with E-state index in [2.05, 4.69) is 11.4 Å². The molecule has 32 heavy (non-hydrogen) atoms. The summed E-state index contributed by atoms with van der Waals surface area (Å²) in [6.07, 6.45) is 3.24. The van der Waals surface area contributed by atoms with Gasteiger partial charge in [0.25, 0.3) is 17.7 Å². The summed E-state index contributed by atoms with van der Waals surface area (Å²) in [5.74, 6) is -0.495. The van der Waals surface area contributed by atoms with Crippen LogP contribution < -0.4 is 15.0 Å². The van der Waals surface area contributed by atoms with E-state index in [0.29, 0.717) is 23.6 Å². The molecule has 1 aliphatic heterocycles. The van der Waals surface area contributed by atoms with Crippen molar-refractivity contribution < 1.29 is 19.1 Å². The van der Waals surface area contributed by atoms with Gasteiger partial charge in [-0.1, -0.05) is 6.07 Å². The third kappa shape index (κ3) is 3.43. The predicted molar refractivity (Wildman–Crippen MR) is 122 cm³/mol. The molecule has 1 aliphatic carbocycles. The number of fused-ring (bicyclic) bond motifs is 2. The summed E-state index contributed by atoms with van der Waals surface area (Å²) in [6, 6.07) is 17.4. The summed E-state index contributed by atoms with van der Waals surface area (Å²) >= 11 is 0. The molecule has 5 rings (SSSR count). The van der Waals surface area contributed by atoms with Crippen molar-refractivity contribution in [1.29, 1.82) is 0 Å². The van der Waals surface area contributed by atoms with Gasteiger partial charge in [0.1, 0.15) is 5.75 Å². The fraction of sp³-hybridized carbons (Fsp3) is 0.192. The van der Waals surface area contributed by atoms with Gasteiger partial charge in [0.15, 0.2) is 0 Å². The number of nitrogens with one attached hydrogen (secondary N) is 1. The first-order valence-electron chi connectivity index (χ1n) is 10.7. The molecule has 0 radical (unpaired) electrons. The van der Waals surface area contributed by atoms with E-state index in [1.807, 2.05) is 19.1 Å². The summed E-state index contributed by atoms with van der Waals surface area (Å²) in [6.45, 7) is 2.42. The number of anilines is 2. The van der Waals surface area contributed by atoms with Crippen LogP contribution >= 0.6 is 0 Å². The highest BCUT2D eigenvalue weighted by Gasteiger charge is 2.37. The lowest BCUT2D eigenvalue weighted by molar-refractivity contribution is 0.0925. The highest BCUT2D eigenvalue weighted by molar-refractivity contribution is 6.34. The van der Waals surface area contributed by atoms with Crippen molar-refractivity contribution in [1.82, 2.24) is 0 Å². The lowest BCUT2D eigenvalue weighted by Gasteiger charge is -2.14. The van der Waals surface area contributed by atoms with Gasteiger partial charge in [0.2, 0.25) is 0 Å². The number of aryl methyl sites for hydroxylation is 2. The molecule has 0 saturated carbocycles. The lowest BCUT2D eigenvalue weighted by atomic mass is 10.0. The van der Waals surface area contributed by atoms with Crippen molar-refractivity contribution in [2.45, 2.75) is 26.2 Å². The first-order valence-corrected chi connectivity index (χ1v) is 10.7. The predicted octanol–water partition coefficient (Wildman–Crippen LogP) is 4.63. The minimum absolute atomic E-state index is 0.227. The van der Waals surface area contributed by atoms with Crippen molar-refractivity contribution in [3.05, 3.63) is 88.5 Å². The number of carbonyl (C=O) groups is 3.